The van der Waals surface area contributed by atoms with Gasteiger partial charge in [-0.05, 0) is 60.4 Å². The van der Waals surface area contributed by atoms with Gasteiger partial charge < -0.3 is 14.8 Å². The average Bonchev–Trinajstić information content (AvgIpc) is 2.71. The zero-order valence-electron chi connectivity index (χ0n) is 16.9. The number of carbonyl (C=O) groups excluding carboxylic acids is 1. The summed E-state index contributed by atoms with van der Waals surface area (Å²) in [6.45, 7) is 5.83. The fraction of sp³-hybridized carbons (Fsp3) is 0.292. The van der Waals surface area contributed by atoms with Crippen molar-refractivity contribution in [2.75, 3.05) is 7.11 Å². The summed E-state index contributed by atoms with van der Waals surface area (Å²) in [4.78, 5) is 12.7. The molecule has 1 N–H and O–H groups in total. The lowest BCUT2D eigenvalue weighted by Gasteiger charge is -2.22. The molecule has 0 aromatic heterocycles. The van der Waals surface area contributed by atoms with Crippen LogP contribution in [0.5, 0.6) is 11.5 Å². The predicted molar refractivity (Wildman–Crippen MR) is 113 cm³/mol. The lowest BCUT2D eigenvalue weighted by molar-refractivity contribution is -0.128. The van der Waals surface area contributed by atoms with E-state index in [1.807, 2.05) is 55.5 Å². The van der Waals surface area contributed by atoms with Crippen molar-refractivity contribution in [3.8, 4) is 11.5 Å². The third-order valence-corrected chi connectivity index (χ3v) is 4.95. The van der Waals surface area contributed by atoms with Gasteiger partial charge in [0.1, 0.15) is 11.5 Å². The van der Waals surface area contributed by atoms with Crippen LogP contribution in [-0.2, 0) is 4.79 Å². The molecule has 2 atom stereocenters. The number of hydrogen-bond donors (Lipinski definition) is 1. The van der Waals surface area contributed by atoms with Crippen LogP contribution in [0.2, 0.25) is 0 Å². The molecule has 146 valence electrons. The highest BCUT2D eigenvalue weighted by molar-refractivity contribution is 5.84. The number of ether oxygens (including phenoxy) is 2. The molecule has 3 aromatic rings. The van der Waals surface area contributed by atoms with E-state index in [1.54, 1.807) is 14.0 Å². The van der Waals surface area contributed by atoms with E-state index in [4.69, 9.17) is 9.47 Å². The number of carbonyl (C=O) groups is 1. The third-order valence-electron chi connectivity index (χ3n) is 4.95. The molecule has 0 aliphatic rings. The first kappa shape index (κ1) is 19.7. The molecule has 0 spiro atoms. The van der Waals surface area contributed by atoms with Gasteiger partial charge in [0.05, 0.1) is 13.2 Å². The molecular weight excluding hydrogens is 350 g/mol. The molecule has 0 saturated carbocycles. The van der Waals surface area contributed by atoms with Gasteiger partial charge >= 0.3 is 0 Å². The minimum atomic E-state index is -0.588. The number of nitrogens with one attached hydrogen (secondary N) is 1. The van der Waals surface area contributed by atoms with Crippen LogP contribution in [0.15, 0.2) is 60.7 Å². The van der Waals surface area contributed by atoms with Crippen LogP contribution in [0.3, 0.4) is 0 Å². The van der Waals surface area contributed by atoms with Crippen molar-refractivity contribution in [3.63, 3.8) is 0 Å². The number of methoxy groups -OCH3 is 1. The molecule has 4 nitrogen and oxygen atoms in total. The number of aryl methyl sites for hydroxylation is 1. The molecule has 3 aromatic carbocycles. The average molecular weight is 377 g/mol. The molecule has 0 heterocycles. The maximum absolute atomic E-state index is 12.7. The number of amides is 1. The smallest absolute Gasteiger partial charge is 0.261 e. The quantitative estimate of drug-likeness (QED) is 0.616. The second-order valence-electron chi connectivity index (χ2n) is 6.97. The highest BCUT2D eigenvalue weighted by Crippen LogP contribution is 2.25. The van der Waals surface area contributed by atoms with Crippen molar-refractivity contribution in [1.29, 1.82) is 0 Å². The summed E-state index contributed by atoms with van der Waals surface area (Å²) in [6.07, 6.45) is 0.203. The largest absolute Gasteiger partial charge is 0.496 e. The van der Waals surface area contributed by atoms with E-state index < -0.39 is 6.10 Å². The summed E-state index contributed by atoms with van der Waals surface area (Å²) in [5.41, 5.74) is 2.11. The van der Waals surface area contributed by atoms with Crippen molar-refractivity contribution in [3.05, 3.63) is 71.8 Å². The van der Waals surface area contributed by atoms with Crippen LogP contribution < -0.4 is 14.8 Å². The van der Waals surface area contributed by atoms with Crippen LogP contribution in [0.4, 0.5) is 0 Å². The van der Waals surface area contributed by atoms with E-state index in [1.165, 1.54) is 0 Å². The molecule has 0 fully saturated rings. The molecule has 3 rings (SSSR count). The van der Waals surface area contributed by atoms with E-state index in [-0.39, 0.29) is 11.9 Å². The zero-order valence-corrected chi connectivity index (χ0v) is 16.9. The molecule has 2 unspecified atom stereocenters. The molecule has 0 aliphatic heterocycles. The summed E-state index contributed by atoms with van der Waals surface area (Å²) >= 11 is 0. The highest BCUT2D eigenvalue weighted by Gasteiger charge is 2.20. The van der Waals surface area contributed by atoms with Crippen molar-refractivity contribution in [1.82, 2.24) is 5.32 Å². The first-order chi connectivity index (χ1) is 13.5. The number of hydrogen-bond acceptors (Lipinski definition) is 3. The van der Waals surface area contributed by atoms with Gasteiger partial charge in [-0.25, -0.2) is 0 Å². The van der Waals surface area contributed by atoms with Crippen molar-refractivity contribution in [2.24, 2.45) is 0 Å². The summed E-state index contributed by atoms with van der Waals surface area (Å²) in [5, 5.41) is 5.34. The maximum Gasteiger partial charge on any atom is 0.261 e. The Bertz CT molecular complexity index is 967. The Morgan fingerprint density at radius 1 is 1.04 bits per heavy atom. The topological polar surface area (TPSA) is 47.6 Å². The number of fused-ring (bicyclic) bond motifs is 1. The Morgan fingerprint density at radius 2 is 1.79 bits per heavy atom. The van der Waals surface area contributed by atoms with Gasteiger partial charge in [0.25, 0.3) is 5.91 Å². The number of rotatable bonds is 7. The van der Waals surface area contributed by atoms with Crippen molar-refractivity contribution < 1.29 is 14.3 Å². The van der Waals surface area contributed by atoms with E-state index >= 15 is 0 Å². The minimum Gasteiger partial charge on any atom is -0.496 e. The van der Waals surface area contributed by atoms with Gasteiger partial charge in [0, 0.05) is 0 Å². The Hall–Kier alpha value is -3.01. The fourth-order valence-electron chi connectivity index (χ4n) is 3.33. The SMILES string of the molecule is CCC(NC(=O)C(C)Oc1ccc2ccccc2c1)c1ccc(OC)c(C)c1. The van der Waals surface area contributed by atoms with E-state index in [0.29, 0.717) is 5.75 Å². The van der Waals surface area contributed by atoms with E-state index in [9.17, 15) is 4.79 Å². The normalized spacial score (nSPS) is 13.0. The van der Waals surface area contributed by atoms with Crippen LogP contribution in [0.1, 0.15) is 37.4 Å². The summed E-state index contributed by atoms with van der Waals surface area (Å²) in [7, 11) is 1.66. The predicted octanol–water partition coefficient (Wildman–Crippen LogP) is 5.19. The van der Waals surface area contributed by atoms with E-state index in [0.717, 1.165) is 34.1 Å². The second kappa shape index (κ2) is 8.79. The van der Waals surface area contributed by atoms with Crippen LogP contribution in [0, 0.1) is 6.92 Å². The maximum atomic E-state index is 12.7. The van der Waals surface area contributed by atoms with Crippen molar-refractivity contribution >= 4 is 16.7 Å². The van der Waals surface area contributed by atoms with Gasteiger partial charge in [-0.2, -0.15) is 0 Å². The van der Waals surface area contributed by atoms with Crippen LogP contribution in [-0.4, -0.2) is 19.1 Å². The standard InChI is InChI=1S/C24H27NO3/c1-5-22(20-11-13-23(27-4)16(2)14-20)25-24(26)17(3)28-21-12-10-18-8-6-7-9-19(18)15-21/h6-15,17,22H,5H2,1-4H3,(H,25,26). The van der Waals surface area contributed by atoms with Crippen LogP contribution in [0.25, 0.3) is 10.8 Å². The first-order valence-electron chi connectivity index (χ1n) is 9.62. The van der Waals surface area contributed by atoms with Gasteiger partial charge in [0.2, 0.25) is 0 Å². The Labute approximate surface area is 166 Å². The van der Waals surface area contributed by atoms with Gasteiger partial charge in [-0.15, -0.1) is 0 Å². The molecular formula is C24H27NO3. The molecule has 0 saturated heterocycles. The second-order valence-corrected chi connectivity index (χ2v) is 6.97. The highest BCUT2D eigenvalue weighted by atomic mass is 16.5. The van der Waals surface area contributed by atoms with E-state index in [2.05, 4.69) is 24.4 Å². The summed E-state index contributed by atoms with van der Waals surface area (Å²) in [5.74, 6) is 1.40. The van der Waals surface area contributed by atoms with Crippen LogP contribution >= 0.6 is 0 Å². The first-order valence-corrected chi connectivity index (χ1v) is 9.62. The van der Waals surface area contributed by atoms with Gasteiger partial charge in [-0.1, -0.05) is 49.4 Å². The zero-order chi connectivity index (χ0) is 20.1. The molecule has 1 amide bonds. The van der Waals surface area contributed by atoms with Crippen molar-refractivity contribution in [2.45, 2.75) is 39.3 Å². The minimum absolute atomic E-state index is 0.0697. The lowest BCUT2D eigenvalue weighted by atomic mass is 10.0. The Balaban J connectivity index is 1.68. The Kier molecular flexibility index (Phi) is 6.19. The molecule has 0 aliphatic carbocycles. The molecule has 28 heavy (non-hydrogen) atoms. The summed E-state index contributed by atoms with van der Waals surface area (Å²) < 4.78 is 11.2. The van der Waals surface area contributed by atoms with Gasteiger partial charge in [0.15, 0.2) is 6.10 Å². The molecule has 0 bridgehead atoms. The monoisotopic (exact) mass is 377 g/mol. The number of benzene rings is 3. The van der Waals surface area contributed by atoms with Gasteiger partial charge in [-0.3, -0.25) is 4.79 Å². The summed E-state index contributed by atoms with van der Waals surface area (Å²) in [6, 6.07) is 19.9. The molecule has 4 heteroatoms. The lowest BCUT2D eigenvalue weighted by Crippen LogP contribution is -2.38. The fourth-order valence-corrected chi connectivity index (χ4v) is 3.33. The Morgan fingerprint density at radius 3 is 2.46 bits per heavy atom. The molecule has 0 radical (unpaired) electrons. The third kappa shape index (κ3) is 4.45.